The predicted octanol–water partition coefficient (Wildman–Crippen LogP) is 2.45. The van der Waals surface area contributed by atoms with Crippen LogP contribution in [0, 0.1) is 13.8 Å². The molecule has 0 aliphatic carbocycles. The van der Waals surface area contributed by atoms with E-state index in [4.69, 9.17) is 4.74 Å². The first-order chi connectivity index (χ1) is 11.5. The van der Waals surface area contributed by atoms with Crippen molar-refractivity contribution in [2.45, 2.75) is 26.5 Å². The minimum Gasteiger partial charge on any atom is -0.491 e. The molecular formula is C19H20N2O3. The lowest BCUT2D eigenvalue weighted by Gasteiger charge is -2.14. The Balaban J connectivity index is 1.65. The van der Waals surface area contributed by atoms with Crippen LogP contribution in [0.1, 0.15) is 11.3 Å². The van der Waals surface area contributed by atoms with Crippen molar-refractivity contribution in [1.29, 1.82) is 0 Å². The fraction of sp³-hybridized carbons (Fsp3) is 0.263. The minimum atomic E-state index is -0.793. The van der Waals surface area contributed by atoms with Crippen LogP contribution in [0.3, 0.4) is 0 Å². The van der Waals surface area contributed by atoms with Gasteiger partial charge >= 0.3 is 0 Å². The van der Waals surface area contributed by atoms with Crippen LogP contribution in [-0.4, -0.2) is 27.4 Å². The molecule has 0 aliphatic heterocycles. The Kier molecular flexibility index (Phi) is 4.62. The third-order valence-corrected chi connectivity index (χ3v) is 4.09. The van der Waals surface area contributed by atoms with Crippen LogP contribution in [0.5, 0.6) is 5.75 Å². The van der Waals surface area contributed by atoms with Gasteiger partial charge in [-0.2, -0.15) is 0 Å². The molecule has 1 heterocycles. The molecule has 0 radical (unpaired) electrons. The number of aromatic nitrogens is 2. The summed E-state index contributed by atoms with van der Waals surface area (Å²) in [4.78, 5) is 16.3. The van der Waals surface area contributed by atoms with Crippen LogP contribution in [0.4, 0.5) is 0 Å². The number of ether oxygens (including phenoxy) is 1. The highest BCUT2D eigenvalue weighted by atomic mass is 16.5. The zero-order valence-corrected chi connectivity index (χ0v) is 13.8. The molecule has 3 aromatic rings. The summed E-state index contributed by atoms with van der Waals surface area (Å²) in [6.45, 7) is 3.79. The number of aryl methyl sites for hydroxylation is 1. The smallest absolute Gasteiger partial charge is 0.256 e. The van der Waals surface area contributed by atoms with Gasteiger partial charge in [0.15, 0.2) is 0 Å². The molecule has 124 valence electrons. The van der Waals surface area contributed by atoms with Gasteiger partial charge in [0.05, 0.1) is 12.9 Å². The Hall–Kier alpha value is -2.66. The van der Waals surface area contributed by atoms with Gasteiger partial charge in [-0.25, -0.2) is 4.98 Å². The highest BCUT2D eigenvalue weighted by Gasteiger charge is 2.10. The molecule has 2 aromatic carbocycles. The summed E-state index contributed by atoms with van der Waals surface area (Å²) in [6, 6.07) is 13.8. The number of benzene rings is 2. The van der Waals surface area contributed by atoms with Crippen molar-refractivity contribution in [1.82, 2.24) is 9.55 Å². The molecule has 0 amide bonds. The zero-order chi connectivity index (χ0) is 17.1. The SMILES string of the molecule is Cc1ncn(C[C@H](O)COc2ccc3ccccc3c2)c(=O)c1C. The Labute approximate surface area is 140 Å². The average molecular weight is 324 g/mol. The van der Waals surface area contributed by atoms with Gasteiger partial charge in [0.2, 0.25) is 0 Å². The molecule has 0 aliphatic rings. The molecule has 0 bridgehead atoms. The second-order valence-electron chi connectivity index (χ2n) is 5.89. The summed E-state index contributed by atoms with van der Waals surface area (Å²) >= 11 is 0. The highest BCUT2D eigenvalue weighted by molar-refractivity contribution is 5.83. The van der Waals surface area contributed by atoms with E-state index in [-0.39, 0.29) is 18.7 Å². The van der Waals surface area contributed by atoms with E-state index in [1.54, 1.807) is 13.8 Å². The minimum absolute atomic E-state index is 0.109. The lowest BCUT2D eigenvalue weighted by molar-refractivity contribution is 0.0913. The van der Waals surface area contributed by atoms with E-state index in [2.05, 4.69) is 4.98 Å². The largest absolute Gasteiger partial charge is 0.491 e. The van der Waals surface area contributed by atoms with Gasteiger partial charge in [-0.05, 0) is 36.8 Å². The van der Waals surface area contributed by atoms with Gasteiger partial charge in [0.25, 0.3) is 5.56 Å². The first kappa shape index (κ1) is 16.2. The number of fused-ring (bicyclic) bond motifs is 1. The molecule has 3 rings (SSSR count). The van der Waals surface area contributed by atoms with E-state index in [1.807, 2.05) is 42.5 Å². The van der Waals surface area contributed by atoms with E-state index in [0.717, 1.165) is 10.8 Å². The normalized spacial score (nSPS) is 12.3. The molecule has 0 spiro atoms. The fourth-order valence-electron chi connectivity index (χ4n) is 2.54. The van der Waals surface area contributed by atoms with Crippen molar-refractivity contribution in [3.05, 3.63) is 70.4 Å². The number of nitrogens with zero attached hydrogens (tertiary/aromatic N) is 2. The molecular weight excluding hydrogens is 304 g/mol. The van der Waals surface area contributed by atoms with Crippen molar-refractivity contribution < 1.29 is 9.84 Å². The van der Waals surface area contributed by atoms with Crippen molar-refractivity contribution in [3.8, 4) is 5.75 Å². The van der Waals surface area contributed by atoms with Crippen LogP contribution >= 0.6 is 0 Å². The van der Waals surface area contributed by atoms with Gasteiger partial charge < -0.3 is 9.84 Å². The molecule has 5 heteroatoms. The van der Waals surface area contributed by atoms with E-state index in [1.165, 1.54) is 10.9 Å². The van der Waals surface area contributed by atoms with Crippen molar-refractivity contribution >= 4 is 10.8 Å². The maximum Gasteiger partial charge on any atom is 0.256 e. The van der Waals surface area contributed by atoms with E-state index in [0.29, 0.717) is 17.0 Å². The number of rotatable bonds is 5. The molecule has 1 aromatic heterocycles. The zero-order valence-electron chi connectivity index (χ0n) is 13.8. The monoisotopic (exact) mass is 324 g/mol. The van der Waals surface area contributed by atoms with Crippen molar-refractivity contribution in [2.75, 3.05) is 6.61 Å². The third kappa shape index (κ3) is 3.46. The first-order valence-electron chi connectivity index (χ1n) is 7.87. The lowest BCUT2D eigenvalue weighted by atomic mass is 10.1. The van der Waals surface area contributed by atoms with Crippen molar-refractivity contribution in [3.63, 3.8) is 0 Å². The maximum absolute atomic E-state index is 12.1. The van der Waals surface area contributed by atoms with Gasteiger partial charge in [-0.15, -0.1) is 0 Å². The standard InChI is InChI=1S/C19H20N2O3/c1-13-14(2)20-12-21(19(13)23)10-17(22)11-24-18-8-7-15-5-3-4-6-16(15)9-18/h3-9,12,17,22H,10-11H2,1-2H3/t17-/m0/s1. The molecule has 0 saturated carbocycles. The third-order valence-electron chi connectivity index (χ3n) is 4.09. The number of hydrogen-bond acceptors (Lipinski definition) is 4. The Morgan fingerprint density at radius 3 is 2.71 bits per heavy atom. The second kappa shape index (κ2) is 6.84. The fourth-order valence-corrected chi connectivity index (χ4v) is 2.54. The summed E-state index contributed by atoms with van der Waals surface area (Å²) in [5.74, 6) is 0.693. The van der Waals surface area contributed by atoms with Crippen LogP contribution in [0.25, 0.3) is 10.8 Å². The van der Waals surface area contributed by atoms with E-state index < -0.39 is 6.10 Å². The highest BCUT2D eigenvalue weighted by Crippen LogP contribution is 2.20. The molecule has 5 nitrogen and oxygen atoms in total. The second-order valence-corrected chi connectivity index (χ2v) is 5.89. The lowest BCUT2D eigenvalue weighted by Crippen LogP contribution is -2.31. The molecule has 1 atom stereocenters. The summed E-state index contributed by atoms with van der Waals surface area (Å²) in [6.07, 6.45) is 0.669. The van der Waals surface area contributed by atoms with Crippen LogP contribution in [0.2, 0.25) is 0 Å². The van der Waals surface area contributed by atoms with Gasteiger partial charge in [0.1, 0.15) is 18.5 Å². The predicted molar refractivity (Wildman–Crippen MR) is 93.4 cm³/mol. The quantitative estimate of drug-likeness (QED) is 0.783. The van der Waals surface area contributed by atoms with Crippen LogP contribution in [-0.2, 0) is 6.54 Å². The van der Waals surface area contributed by atoms with Gasteiger partial charge in [-0.1, -0.05) is 30.3 Å². The molecule has 0 saturated heterocycles. The van der Waals surface area contributed by atoms with Crippen LogP contribution in [0.15, 0.2) is 53.6 Å². The summed E-state index contributed by atoms with van der Waals surface area (Å²) < 4.78 is 7.07. The Morgan fingerprint density at radius 1 is 1.17 bits per heavy atom. The van der Waals surface area contributed by atoms with Gasteiger partial charge in [0, 0.05) is 11.3 Å². The first-order valence-corrected chi connectivity index (χ1v) is 7.87. The maximum atomic E-state index is 12.1. The molecule has 0 unspecified atom stereocenters. The topological polar surface area (TPSA) is 64.3 Å². The molecule has 24 heavy (non-hydrogen) atoms. The van der Waals surface area contributed by atoms with Gasteiger partial charge in [-0.3, -0.25) is 9.36 Å². The molecule has 1 N–H and O–H groups in total. The number of aliphatic hydroxyl groups excluding tert-OH is 1. The summed E-state index contributed by atoms with van der Waals surface area (Å²) in [5, 5.41) is 12.4. The Bertz CT molecular complexity index is 918. The number of hydrogen-bond donors (Lipinski definition) is 1. The van der Waals surface area contributed by atoms with E-state index in [9.17, 15) is 9.90 Å². The van der Waals surface area contributed by atoms with Crippen LogP contribution < -0.4 is 10.3 Å². The average Bonchev–Trinajstić information content (AvgIpc) is 2.60. The Morgan fingerprint density at radius 2 is 1.92 bits per heavy atom. The van der Waals surface area contributed by atoms with Crippen molar-refractivity contribution in [2.24, 2.45) is 0 Å². The summed E-state index contributed by atoms with van der Waals surface area (Å²) in [7, 11) is 0. The summed E-state index contributed by atoms with van der Waals surface area (Å²) in [5.41, 5.74) is 1.17. The van der Waals surface area contributed by atoms with E-state index >= 15 is 0 Å². The number of aliphatic hydroxyl groups is 1. The molecule has 0 fully saturated rings.